The highest BCUT2D eigenvalue weighted by Crippen LogP contribution is 2.11. The van der Waals surface area contributed by atoms with Crippen LogP contribution in [0.5, 0.6) is 0 Å². The standard InChI is InChI=1S/C16H27NO2Si/c1-6-19-16(18)12-17(13-20(3,4)5)11-15-9-7-14(2)8-10-15/h7-10H,6,11-13H2,1-5H3. The van der Waals surface area contributed by atoms with Crippen LogP contribution >= 0.6 is 0 Å². The van der Waals surface area contributed by atoms with Crippen LogP contribution in [0.2, 0.25) is 19.6 Å². The number of rotatable bonds is 7. The first-order chi connectivity index (χ1) is 9.30. The van der Waals surface area contributed by atoms with Crippen molar-refractivity contribution in [2.75, 3.05) is 19.3 Å². The fraction of sp³-hybridized carbons (Fsp3) is 0.562. The molecule has 0 aliphatic rings. The molecule has 0 aliphatic carbocycles. The lowest BCUT2D eigenvalue weighted by atomic mass is 10.1. The number of hydrogen-bond donors (Lipinski definition) is 0. The Morgan fingerprint density at radius 3 is 2.30 bits per heavy atom. The molecule has 112 valence electrons. The summed E-state index contributed by atoms with van der Waals surface area (Å²) in [5, 5.41) is 0. The third-order valence-corrected chi connectivity index (χ3v) is 4.28. The Kier molecular flexibility index (Phi) is 6.43. The van der Waals surface area contributed by atoms with Crippen LogP contribution in [0.4, 0.5) is 0 Å². The number of hydrogen-bond acceptors (Lipinski definition) is 3. The lowest BCUT2D eigenvalue weighted by Gasteiger charge is -2.28. The largest absolute Gasteiger partial charge is 0.465 e. The Hall–Kier alpha value is -1.13. The Balaban J connectivity index is 2.71. The van der Waals surface area contributed by atoms with Gasteiger partial charge in [0.2, 0.25) is 0 Å². The first-order valence-corrected chi connectivity index (χ1v) is 10.9. The normalized spacial score (nSPS) is 11.7. The maximum Gasteiger partial charge on any atom is 0.320 e. The maximum absolute atomic E-state index is 11.7. The molecule has 3 nitrogen and oxygen atoms in total. The molecule has 0 spiro atoms. The number of esters is 1. The lowest BCUT2D eigenvalue weighted by molar-refractivity contribution is -0.144. The zero-order chi connectivity index (χ0) is 15.2. The van der Waals surface area contributed by atoms with E-state index in [9.17, 15) is 4.79 Å². The van der Waals surface area contributed by atoms with Crippen molar-refractivity contribution in [3.63, 3.8) is 0 Å². The van der Waals surface area contributed by atoms with E-state index in [-0.39, 0.29) is 5.97 Å². The van der Waals surface area contributed by atoms with E-state index in [1.54, 1.807) is 0 Å². The van der Waals surface area contributed by atoms with Crippen LogP contribution in [-0.4, -0.2) is 38.3 Å². The summed E-state index contributed by atoms with van der Waals surface area (Å²) in [6, 6.07) is 8.51. The van der Waals surface area contributed by atoms with Crippen LogP contribution in [-0.2, 0) is 16.1 Å². The van der Waals surface area contributed by atoms with E-state index in [4.69, 9.17) is 4.74 Å². The molecule has 1 aromatic carbocycles. The first kappa shape index (κ1) is 16.9. The number of carbonyl (C=O) groups is 1. The summed E-state index contributed by atoms with van der Waals surface area (Å²) in [4.78, 5) is 14.0. The molecule has 0 heterocycles. The van der Waals surface area contributed by atoms with E-state index in [0.29, 0.717) is 13.2 Å². The predicted molar refractivity (Wildman–Crippen MR) is 86.4 cm³/mol. The van der Waals surface area contributed by atoms with Gasteiger partial charge in [-0.3, -0.25) is 9.69 Å². The highest BCUT2D eigenvalue weighted by atomic mass is 28.3. The van der Waals surface area contributed by atoms with Gasteiger partial charge in [0.1, 0.15) is 0 Å². The summed E-state index contributed by atoms with van der Waals surface area (Å²) in [6.45, 7) is 12.5. The van der Waals surface area contributed by atoms with E-state index in [1.165, 1.54) is 11.1 Å². The van der Waals surface area contributed by atoms with Gasteiger partial charge in [-0.25, -0.2) is 0 Å². The van der Waals surface area contributed by atoms with Gasteiger partial charge in [0.25, 0.3) is 0 Å². The molecule has 0 fully saturated rings. The van der Waals surface area contributed by atoms with Crippen molar-refractivity contribution < 1.29 is 9.53 Å². The van der Waals surface area contributed by atoms with Crippen LogP contribution in [0.1, 0.15) is 18.1 Å². The molecule has 0 bridgehead atoms. The molecule has 0 atom stereocenters. The summed E-state index contributed by atoms with van der Waals surface area (Å²) >= 11 is 0. The number of aryl methyl sites for hydroxylation is 1. The second-order valence-corrected chi connectivity index (χ2v) is 11.9. The van der Waals surface area contributed by atoms with Gasteiger partial charge < -0.3 is 4.74 Å². The Morgan fingerprint density at radius 1 is 1.20 bits per heavy atom. The lowest BCUT2D eigenvalue weighted by Crippen LogP contribution is -2.42. The van der Waals surface area contributed by atoms with Crippen LogP contribution < -0.4 is 0 Å². The van der Waals surface area contributed by atoms with Crippen molar-refractivity contribution in [2.45, 2.75) is 40.0 Å². The summed E-state index contributed by atoms with van der Waals surface area (Å²) in [5.41, 5.74) is 2.51. The minimum Gasteiger partial charge on any atom is -0.465 e. The molecule has 1 aromatic rings. The Morgan fingerprint density at radius 2 is 1.80 bits per heavy atom. The molecule has 0 aromatic heterocycles. The monoisotopic (exact) mass is 293 g/mol. The Bertz CT molecular complexity index is 423. The quantitative estimate of drug-likeness (QED) is 0.571. The van der Waals surface area contributed by atoms with E-state index < -0.39 is 8.07 Å². The van der Waals surface area contributed by atoms with Gasteiger partial charge in [-0.05, 0) is 25.6 Å². The number of nitrogens with zero attached hydrogens (tertiary/aromatic N) is 1. The number of carbonyl (C=O) groups excluding carboxylic acids is 1. The predicted octanol–water partition coefficient (Wildman–Crippen LogP) is 3.24. The first-order valence-electron chi connectivity index (χ1n) is 7.23. The molecule has 4 heteroatoms. The molecule has 0 radical (unpaired) electrons. The molecule has 0 unspecified atom stereocenters. The molecule has 0 amide bonds. The van der Waals surface area contributed by atoms with Gasteiger partial charge in [0.05, 0.1) is 21.2 Å². The number of benzene rings is 1. The SMILES string of the molecule is CCOC(=O)CN(Cc1ccc(C)cc1)C[Si](C)(C)C. The van der Waals surface area contributed by atoms with Crippen molar-refractivity contribution in [2.24, 2.45) is 0 Å². The third kappa shape index (κ3) is 6.87. The highest BCUT2D eigenvalue weighted by molar-refractivity contribution is 6.76. The van der Waals surface area contributed by atoms with Gasteiger partial charge in [-0.1, -0.05) is 49.5 Å². The van der Waals surface area contributed by atoms with Crippen molar-refractivity contribution in [1.82, 2.24) is 4.90 Å². The van der Waals surface area contributed by atoms with Crippen LogP contribution in [0, 0.1) is 6.92 Å². The van der Waals surface area contributed by atoms with Crippen molar-refractivity contribution in [3.05, 3.63) is 35.4 Å². The third-order valence-electron chi connectivity index (χ3n) is 2.88. The van der Waals surface area contributed by atoms with Crippen LogP contribution in [0.3, 0.4) is 0 Å². The maximum atomic E-state index is 11.7. The zero-order valence-electron chi connectivity index (χ0n) is 13.4. The fourth-order valence-corrected chi connectivity index (χ4v) is 3.74. The zero-order valence-corrected chi connectivity index (χ0v) is 14.4. The van der Waals surface area contributed by atoms with Gasteiger partial charge >= 0.3 is 5.97 Å². The van der Waals surface area contributed by atoms with E-state index >= 15 is 0 Å². The molecule has 1 rings (SSSR count). The number of ether oxygens (including phenoxy) is 1. The molecule has 0 saturated carbocycles. The van der Waals surface area contributed by atoms with Gasteiger partial charge in [-0.2, -0.15) is 0 Å². The second-order valence-electron chi connectivity index (χ2n) is 6.50. The van der Waals surface area contributed by atoms with E-state index in [2.05, 4.69) is 55.7 Å². The average molecular weight is 293 g/mol. The summed E-state index contributed by atoms with van der Waals surface area (Å²) in [5.74, 6) is -0.127. The van der Waals surface area contributed by atoms with Crippen molar-refractivity contribution >= 4 is 14.0 Å². The average Bonchev–Trinajstić information content (AvgIpc) is 2.30. The van der Waals surface area contributed by atoms with Gasteiger partial charge in [0, 0.05) is 6.54 Å². The minimum absolute atomic E-state index is 0.127. The topological polar surface area (TPSA) is 29.5 Å². The van der Waals surface area contributed by atoms with Gasteiger partial charge in [-0.15, -0.1) is 0 Å². The van der Waals surface area contributed by atoms with E-state index in [0.717, 1.165) is 12.7 Å². The van der Waals surface area contributed by atoms with E-state index in [1.807, 2.05) is 6.92 Å². The Labute approximate surface area is 123 Å². The molecular formula is C16H27NO2Si. The molecule has 0 N–H and O–H groups in total. The van der Waals surface area contributed by atoms with Gasteiger partial charge in [0.15, 0.2) is 0 Å². The molecular weight excluding hydrogens is 266 g/mol. The van der Waals surface area contributed by atoms with Crippen LogP contribution in [0.25, 0.3) is 0 Å². The molecule has 0 aliphatic heterocycles. The van der Waals surface area contributed by atoms with Crippen molar-refractivity contribution in [1.29, 1.82) is 0 Å². The fourth-order valence-electron chi connectivity index (χ4n) is 2.18. The minimum atomic E-state index is -1.26. The smallest absolute Gasteiger partial charge is 0.320 e. The second kappa shape index (κ2) is 7.60. The molecule has 20 heavy (non-hydrogen) atoms. The summed E-state index contributed by atoms with van der Waals surface area (Å²) < 4.78 is 5.08. The highest BCUT2D eigenvalue weighted by Gasteiger charge is 2.21. The van der Waals surface area contributed by atoms with Crippen molar-refractivity contribution in [3.8, 4) is 0 Å². The van der Waals surface area contributed by atoms with Crippen LogP contribution in [0.15, 0.2) is 24.3 Å². The summed E-state index contributed by atoms with van der Waals surface area (Å²) in [6.07, 6.45) is 1.000. The molecule has 0 saturated heterocycles. The summed E-state index contributed by atoms with van der Waals surface area (Å²) in [7, 11) is -1.26.